The number of allylic oxidation sites excluding steroid dienone is 10. The molecule has 2 aliphatic heterocycles. The van der Waals surface area contributed by atoms with E-state index in [1.54, 1.807) is 0 Å². The number of unbranched alkanes of at least 4 members (excludes halogenated alkanes) is 10. The smallest absolute Gasteiger partial charge is 0.161 e. The third-order valence-electron chi connectivity index (χ3n) is 11.9. The van der Waals surface area contributed by atoms with E-state index in [0.717, 1.165) is 86.0 Å². The van der Waals surface area contributed by atoms with Gasteiger partial charge in [0.2, 0.25) is 0 Å². The Kier molecular flexibility index (Phi) is 20.4. The molecule has 5 nitrogen and oxygen atoms in total. The van der Waals surface area contributed by atoms with E-state index in [-0.39, 0.29) is 0 Å². The number of anilines is 2. The number of benzene rings is 4. The lowest BCUT2D eigenvalue weighted by atomic mass is 10.0. The molecule has 6 rings (SSSR count). The zero-order valence-electron chi connectivity index (χ0n) is 37.9. The summed E-state index contributed by atoms with van der Waals surface area (Å²) < 4.78 is 18.8. The molecule has 0 atom stereocenters. The van der Waals surface area contributed by atoms with Gasteiger partial charge in [0, 0.05) is 35.6 Å². The van der Waals surface area contributed by atoms with Crippen LogP contribution in [0, 0.1) is 0 Å². The lowest BCUT2D eigenvalue weighted by Gasteiger charge is -2.31. The second-order valence-electron chi connectivity index (χ2n) is 16.9. The molecule has 0 radical (unpaired) electrons. The Balaban J connectivity index is 0.851. The van der Waals surface area contributed by atoms with Crippen LogP contribution in [0.25, 0.3) is 0 Å². The van der Waals surface area contributed by atoms with Crippen LogP contribution in [0.5, 0.6) is 23.0 Å². The van der Waals surface area contributed by atoms with Crippen molar-refractivity contribution in [3.8, 4) is 23.0 Å². The molecule has 0 fully saturated rings. The summed E-state index contributed by atoms with van der Waals surface area (Å²) in [6, 6.07) is 30.2. The number of rotatable bonds is 28. The predicted octanol–water partition coefficient (Wildman–Crippen LogP) is 16.1. The van der Waals surface area contributed by atoms with E-state index >= 15 is 0 Å². The molecule has 0 saturated carbocycles. The van der Waals surface area contributed by atoms with Gasteiger partial charge >= 0.3 is 0 Å². The first-order valence-electron chi connectivity index (χ1n) is 23.9. The summed E-state index contributed by atoms with van der Waals surface area (Å²) in [5.41, 5.74) is 7.46. The fraction of sp³-hybridized carbons (Fsp3) is 0.379. The van der Waals surface area contributed by atoms with Crippen molar-refractivity contribution in [3.63, 3.8) is 0 Å². The first-order valence-corrected chi connectivity index (χ1v) is 23.9. The molecule has 63 heavy (non-hydrogen) atoms. The van der Waals surface area contributed by atoms with Crippen LogP contribution in [-0.2, 0) is 25.9 Å². The van der Waals surface area contributed by atoms with Crippen molar-refractivity contribution in [1.29, 1.82) is 0 Å². The second kappa shape index (κ2) is 27.4. The van der Waals surface area contributed by atoms with Gasteiger partial charge in [-0.1, -0.05) is 124 Å². The number of hydrogen-bond acceptors (Lipinski definition) is 5. The topological polar surface area (TPSA) is 34.2 Å². The van der Waals surface area contributed by atoms with E-state index in [1.165, 1.54) is 99.3 Å². The van der Waals surface area contributed by atoms with Crippen LogP contribution in [0.15, 0.2) is 159 Å². The first-order chi connectivity index (χ1) is 31.2. The van der Waals surface area contributed by atoms with Crippen molar-refractivity contribution in [2.45, 2.75) is 129 Å². The van der Waals surface area contributed by atoms with Gasteiger partial charge in [-0.15, -0.1) is 13.2 Å². The van der Waals surface area contributed by atoms with Gasteiger partial charge in [-0.3, -0.25) is 0 Å². The van der Waals surface area contributed by atoms with Gasteiger partial charge in [-0.05, 0) is 149 Å². The molecule has 332 valence electrons. The number of hydrogen-bond donors (Lipinski definition) is 0. The molecule has 0 saturated heterocycles. The molecule has 4 aromatic carbocycles. The van der Waals surface area contributed by atoms with Crippen LogP contribution in [0.3, 0.4) is 0 Å². The summed E-state index contributed by atoms with van der Waals surface area (Å²) >= 11 is 0. The Hall–Kier alpha value is -5.68. The molecule has 2 aliphatic rings. The Morgan fingerprint density at radius 2 is 0.841 bits per heavy atom. The molecule has 4 aromatic rings. The molecule has 0 N–H and O–H groups in total. The van der Waals surface area contributed by atoms with Gasteiger partial charge in [0.15, 0.2) is 13.5 Å². The third-order valence-corrected chi connectivity index (χ3v) is 11.9. The van der Waals surface area contributed by atoms with Gasteiger partial charge in [-0.25, -0.2) is 0 Å². The maximum atomic E-state index is 6.27. The van der Waals surface area contributed by atoms with Crippen LogP contribution in [0.4, 0.5) is 11.4 Å². The molecule has 0 bridgehead atoms. The normalized spacial score (nSPS) is 13.7. The van der Waals surface area contributed by atoms with E-state index in [9.17, 15) is 0 Å². The summed E-state index contributed by atoms with van der Waals surface area (Å²) in [6.45, 7) is 10.2. The molecule has 0 unspecified atom stereocenters. The average Bonchev–Trinajstić information content (AvgIpc) is 3.32. The molecule has 0 spiro atoms. The van der Waals surface area contributed by atoms with Gasteiger partial charge in [0.05, 0.1) is 0 Å². The Morgan fingerprint density at radius 3 is 1.29 bits per heavy atom. The van der Waals surface area contributed by atoms with Crippen molar-refractivity contribution in [2.24, 2.45) is 0 Å². The molecule has 5 heteroatoms. The molecule has 0 amide bonds. The summed E-state index contributed by atoms with van der Waals surface area (Å²) in [6.07, 6.45) is 43.2. The lowest BCUT2D eigenvalue weighted by molar-refractivity contribution is 0.289. The van der Waals surface area contributed by atoms with Crippen LogP contribution >= 0.6 is 0 Å². The third kappa shape index (κ3) is 16.5. The summed E-state index contributed by atoms with van der Waals surface area (Å²) in [4.78, 5) is 4.54. The molecular formula is C58H72N2O3. The Morgan fingerprint density at radius 1 is 0.444 bits per heavy atom. The first kappa shape index (κ1) is 46.8. The summed E-state index contributed by atoms with van der Waals surface area (Å²) in [5.74, 6) is 3.68. The SMILES string of the molecule is C=CC/C=C\C/C=C\CCCCCCCc1ccc2c(c1)OCN(c1ccc(Oc3ccc(N4COc5cc(CCCCCCC/C=C\C/C=C\CC=C)ccc5C4)cc3)cc1)C2. The molecule has 2 heterocycles. The Bertz CT molecular complexity index is 1930. The van der Waals surface area contributed by atoms with Crippen molar-refractivity contribution < 1.29 is 14.2 Å². The van der Waals surface area contributed by atoms with E-state index in [0.29, 0.717) is 13.5 Å². The minimum Gasteiger partial charge on any atom is -0.473 e. The lowest BCUT2D eigenvalue weighted by Crippen LogP contribution is -2.31. The molecule has 0 aromatic heterocycles. The zero-order valence-corrected chi connectivity index (χ0v) is 37.9. The highest BCUT2D eigenvalue weighted by Gasteiger charge is 2.20. The highest BCUT2D eigenvalue weighted by atomic mass is 16.5. The zero-order chi connectivity index (χ0) is 43.6. The molecular weight excluding hydrogens is 773 g/mol. The summed E-state index contributed by atoms with van der Waals surface area (Å²) in [5, 5.41) is 0. The van der Waals surface area contributed by atoms with Crippen LogP contribution in [0.1, 0.15) is 125 Å². The van der Waals surface area contributed by atoms with Crippen LogP contribution in [0.2, 0.25) is 0 Å². The largest absolute Gasteiger partial charge is 0.473 e. The fourth-order valence-corrected chi connectivity index (χ4v) is 8.16. The van der Waals surface area contributed by atoms with Crippen molar-refractivity contribution in [2.75, 3.05) is 23.3 Å². The van der Waals surface area contributed by atoms with E-state index < -0.39 is 0 Å². The van der Waals surface area contributed by atoms with Crippen molar-refractivity contribution in [3.05, 3.63) is 181 Å². The highest BCUT2D eigenvalue weighted by Crippen LogP contribution is 2.34. The minimum absolute atomic E-state index is 0.540. The maximum Gasteiger partial charge on any atom is 0.161 e. The van der Waals surface area contributed by atoms with Crippen LogP contribution in [-0.4, -0.2) is 13.5 Å². The van der Waals surface area contributed by atoms with E-state index in [4.69, 9.17) is 14.2 Å². The maximum absolute atomic E-state index is 6.27. The Labute approximate surface area is 380 Å². The van der Waals surface area contributed by atoms with Crippen LogP contribution < -0.4 is 24.0 Å². The highest BCUT2D eigenvalue weighted by molar-refractivity contribution is 5.55. The van der Waals surface area contributed by atoms with E-state index in [2.05, 4.69) is 132 Å². The van der Waals surface area contributed by atoms with Gasteiger partial charge in [0.25, 0.3) is 0 Å². The molecule has 0 aliphatic carbocycles. The minimum atomic E-state index is 0.540. The average molecular weight is 845 g/mol. The fourth-order valence-electron chi connectivity index (χ4n) is 8.16. The van der Waals surface area contributed by atoms with Crippen molar-refractivity contribution in [1.82, 2.24) is 0 Å². The van der Waals surface area contributed by atoms with Gasteiger partial charge in [0.1, 0.15) is 23.0 Å². The number of nitrogens with zero attached hydrogens (tertiary/aromatic N) is 2. The number of fused-ring (bicyclic) bond motifs is 2. The number of ether oxygens (including phenoxy) is 3. The standard InChI is InChI=1S/C58H72N2O3/c1-3-5-7-9-11-13-15-17-19-21-23-25-27-29-49-31-33-51-45-59(47-61-57(51)43-49)53-35-39-55(40-36-53)63-56-41-37-54(38-42-56)60-46-52-34-32-50(44-58(52)62-48-60)30-28-26-24-22-20-18-16-14-12-10-8-6-4-2/h3-4,7-10,13-16,31-44H,1-2,5-6,11-12,17-30,45-48H2/b9-7-,10-8-,15-13-,16-14-. The monoisotopic (exact) mass is 845 g/mol. The second-order valence-corrected chi connectivity index (χ2v) is 16.9. The number of aryl methyl sites for hydroxylation is 2. The quantitative estimate of drug-likeness (QED) is 0.0420. The van der Waals surface area contributed by atoms with Crippen molar-refractivity contribution >= 4 is 11.4 Å². The predicted molar refractivity (Wildman–Crippen MR) is 267 cm³/mol. The summed E-state index contributed by atoms with van der Waals surface area (Å²) in [7, 11) is 0. The van der Waals surface area contributed by atoms with Gasteiger partial charge in [-0.2, -0.15) is 0 Å². The van der Waals surface area contributed by atoms with E-state index in [1.807, 2.05) is 36.4 Å². The van der Waals surface area contributed by atoms with Gasteiger partial charge < -0.3 is 24.0 Å².